The SMILES string of the molecule is Cc1ccccc1-n1nc(C)c2c1OC1(Oc3ccccc3/N=C/2)Oc2ccccc2/N=C/c2c(C)nn(-c3ccccc3C)c2O1. The lowest BCUT2D eigenvalue weighted by molar-refractivity contribution is -0.369. The van der Waals surface area contributed by atoms with Crippen molar-refractivity contribution in [1.82, 2.24) is 19.6 Å². The standard InChI is InChI=1S/C37H30N6O4/c1-23-13-5-9-17-31(23)42-35-27(25(3)40-42)21-38-29-15-7-11-19-33(29)44-37(46-35)45-34-20-12-8-16-30(34)39-22-28-26(4)41-43(36(28)47-37)32-18-10-6-14-24(32)2/h5-22H,1-4H3/b38-21+,39-22+. The van der Waals surface area contributed by atoms with E-state index in [0.717, 1.165) is 22.5 Å². The van der Waals surface area contributed by atoms with E-state index in [1.165, 1.54) is 0 Å². The van der Waals surface area contributed by atoms with Crippen molar-refractivity contribution in [3.05, 3.63) is 131 Å². The van der Waals surface area contributed by atoms with Crippen LogP contribution >= 0.6 is 0 Å². The second-order valence-electron chi connectivity index (χ2n) is 11.4. The van der Waals surface area contributed by atoms with E-state index >= 15 is 0 Å². The van der Waals surface area contributed by atoms with Crippen LogP contribution in [0.5, 0.6) is 23.3 Å². The molecule has 0 amide bonds. The maximum Gasteiger partial charge on any atom is 0.613 e. The Labute approximate surface area is 271 Å². The van der Waals surface area contributed by atoms with Crippen LogP contribution in [-0.4, -0.2) is 38.1 Å². The quantitative estimate of drug-likeness (QED) is 0.197. The molecule has 6 aromatic rings. The molecule has 10 heteroatoms. The van der Waals surface area contributed by atoms with Gasteiger partial charge in [-0.05, 0) is 75.2 Å². The summed E-state index contributed by atoms with van der Waals surface area (Å²) in [6.45, 7) is 7.84. The molecule has 232 valence electrons. The van der Waals surface area contributed by atoms with Gasteiger partial charge in [-0.3, -0.25) is 9.98 Å². The Hall–Kier alpha value is -6.16. The molecule has 2 aliphatic heterocycles. The van der Waals surface area contributed by atoms with Crippen molar-refractivity contribution in [3.8, 4) is 34.6 Å². The monoisotopic (exact) mass is 622 g/mol. The number of fused-ring (bicyclic) bond motifs is 4. The third kappa shape index (κ3) is 4.91. The first-order valence-electron chi connectivity index (χ1n) is 15.2. The van der Waals surface area contributed by atoms with E-state index in [9.17, 15) is 0 Å². The minimum absolute atomic E-state index is 0.311. The van der Waals surface area contributed by atoms with Crippen molar-refractivity contribution in [2.75, 3.05) is 0 Å². The Bertz CT molecular complexity index is 2070. The molecular weight excluding hydrogens is 592 g/mol. The van der Waals surface area contributed by atoms with Crippen LogP contribution in [0.2, 0.25) is 0 Å². The molecule has 10 nitrogen and oxygen atoms in total. The van der Waals surface area contributed by atoms with E-state index in [-0.39, 0.29) is 0 Å². The van der Waals surface area contributed by atoms with Crippen LogP contribution in [-0.2, 0) is 0 Å². The summed E-state index contributed by atoms with van der Waals surface area (Å²) in [5.74, 6) is 1.37. The van der Waals surface area contributed by atoms with Gasteiger partial charge >= 0.3 is 6.16 Å². The predicted octanol–water partition coefficient (Wildman–Crippen LogP) is 7.65. The Morgan fingerprint density at radius 2 is 0.894 bits per heavy atom. The van der Waals surface area contributed by atoms with E-state index in [2.05, 4.69) is 0 Å². The van der Waals surface area contributed by atoms with E-state index < -0.39 is 6.16 Å². The molecule has 4 aromatic carbocycles. The van der Waals surface area contributed by atoms with Gasteiger partial charge in [-0.1, -0.05) is 60.7 Å². The summed E-state index contributed by atoms with van der Waals surface area (Å²) in [4.78, 5) is 9.62. The van der Waals surface area contributed by atoms with Crippen LogP contribution in [0, 0.1) is 27.7 Å². The number of benzene rings is 4. The highest BCUT2D eigenvalue weighted by molar-refractivity contribution is 5.88. The van der Waals surface area contributed by atoms with Gasteiger partial charge in [-0.2, -0.15) is 19.6 Å². The van der Waals surface area contributed by atoms with Gasteiger partial charge in [0, 0.05) is 12.4 Å². The first kappa shape index (κ1) is 28.3. The maximum atomic E-state index is 6.94. The van der Waals surface area contributed by atoms with Crippen molar-refractivity contribution in [1.29, 1.82) is 0 Å². The number of para-hydroxylation sites is 6. The zero-order chi connectivity index (χ0) is 32.1. The molecular formula is C37H30N6O4. The van der Waals surface area contributed by atoms with Crippen molar-refractivity contribution < 1.29 is 18.9 Å². The highest BCUT2D eigenvalue weighted by atomic mass is 17.0. The first-order chi connectivity index (χ1) is 22.9. The summed E-state index contributed by atoms with van der Waals surface area (Å²) in [6, 6.07) is 30.6. The Morgan fingerprint density at radius 1 is 0.489 bits per heavy atom. The summed E-state index contributed by atoms with van der Waals surface area (Å²) in [7, 11) is 0. The van der Waals surface area contributed by atoms with Crippen molar-refractivity contribution in [3.63, 3.8) is 0 Å². The summed E-state index contributed by atoms with van der Waals surface area (Å²) < 4.78 is 30.8. The van der Waals surface area contributed by atoms with Gasteiger partial charge in [-0.25, -0.2) is 0 Å². The number of aryl methyl sites for hydroxylation is 4. The first-order valence-corrected chi connectivity index (χ1v) is 15.2. The lowest BCUT2D eigenvalue weighted by atomic mass is 10.2. The Morgan fingerprint density at radius 3 is 1.34 bits per heavy atom. The average molecular weight is 623 g/mol. The smallest absolute Gasteiger partial charge is 0.384 e. The third-order valence-electron chi connectivity index (χ3n) is 8.12. The molecule has 2 aromatic heterocycles. The molecule has 0 unspecified atom stereocenters. The highest BCUT2D eigenvalue weighted by Gasteiger charge is 2.49. The molecule has 0 saturated heterocycles. The second-order valence-corrected chi connectivity index (χ2v) is 11.4. The number of nitrogens with zero attached hydrogens (tertiary/aromatic N) is 6. The van der Waals surface area contributed by atoms with Gasteiger partial charge in [0.15, 0.2) is 11.5 Å². The lowest BCUT2D eigenvalue weighted by Crippen LogP contribution is -2.54. The van der Waals surface area contributed by atoms with E-state index in [0.29, 0.717) is 57.1 Å². The molecule has 8 rings (SSSR count). The number of aliphatic imine (C=N–C) groups is 2. The van der Waals surface area contributed by atoms with Gasteiger partial charge in [0.25, 0.3) is 0 Å². The maximum absolute atomic E-state index is 6.94. The topological polar surface area (TPSA) is 97.3 Å². The molecule has 0 N–H and O–H groups in total. The van der Waals surface area contributed by atoms with Crippen LogP contribution < -0.4 is 18.9 Å². The van der Waals surface area contributed by atoms with E-state index in [1.807, 2.05) is 113 Å². The minimum atomic E-state index is -2.27. The molecule has 0 saturated carbocycles. The molecule has 4 heterocycles. The summed E-state index contributed by atoms with van der Waals surface area (Å²) in [5, 5.41) is 9.79. The van der Waals surface area contributed by atoms with Gasteiger partial charge in [0.1, 0.15) is 11.4 Å². The average Bonchev–Trinajstić information content (AvgIpc) is 3.57. The van der Waals surface area contributed by atoms with E-state index in [1.54, 1.807) is 33.9 Å². The molecule has 0 fully saturated rings. The molecule has 0 bridgehead atoms. The zero-order valence-corrected chi connectivity index (χ0v) is 26.2. The van der Waals surface area contributed by atoms with Crippen LogP contribution in [0.15, 0.2) is 107 Å². The lowest BCUT2D eigenvalue weighted by Gasteiger charge is -2.32. The molecule has 47 heavy (non-hydrogen) atoms. The van der Waals surface area contributed by atoms with Crippen LogP contribution in [0.3, 0.4) is 0 Å². The molecule has 1 spiro atoms. The molecule has 0 atom stereocenters. The number of ether oxygens (including phenoxy) is 4. The molecule has 0 radical (unpaired) electrons. The van der Waals surface area contributed by atoms with Crippen molar-refractivity contribution in [2.24, 2.45) is 9.98 Å². The highest BCUT2D eigenvalue weighted by Crippen LogP contribution is 2.42. The predicted molar refractivity (Wildman–Crippen MR) is 179 cm³/mol. The van der Waals surface area contributed by atoms with Crippen LogP contribution in [0.1, 0.15) is 33.6 Å². The van der Waals surface area contributed by atoms with Gasteiger partial charge in [0.2, 0.25) is 11.8 Å². The fourth-order valence-electron chi connectivity index (χ4n) is 5.66. The van der Waals surface area contributed by atoms with Crippen LogP contribution in [0.25, 0.3) is 11.4 Å². The van der Waals surface area contributed by atoms with E-state index in [4.69, 9.17) is 39.1 Å². The summed E-state index contributed by atoms with van der Waals surface area (Å²) in [5.41, 5.74) is 7.34. The van der Waals surface area contributed by atoms with Gasteiger partial charge in [-0.15, -0.1) is 0 Å². The third-order valence-corrected chi connectivity index (χ3v) is 8.12. The van der Waals surface area contributed by atoms with Crippen molar-refractivity contribution >= 4 is 23.8 Å². The summed E-state index contributed by atoms with van der Waals surface area (Å²) >= 11 is 0. The fourth-order valence-corrected chi connectivity index (χ4v) is 5.66. The normalized spacial score (nSPS) is 15.6. The van der Waals surface area contributed by atoms with Crippen LogP contribution in [0.4, 0.5) is 11.4 Å². The van der Waals surface area contributed by atoms with Gasteiger partial charge in [0.05, 0.1) is 33.9 Å². The number of hydrogen-bond acceptors (Lipinski definition) is 8. The fraction of sp³-hybridized carbons (Fsp3) is 0.135. The molecule has 0 aliphatic carbocycles. The minimum Gasteiger partial charge on any atom is -0.384 e. The largest absolute Gasteiger partial charge is 0.613 e. The zero-order valence-electron chi connectivity index (χ0n) is 26.2. The summed E-state index contributed by atoms with van der Waals surface area (Å²) in [6.07, 6.45) is 1.19. The van der Waals surface area contributed by atoms with Gasteiger partial charge < -0.3 is 18.9 Å². The number of aromatic nitrogens is 4. The molecule has 2 aliphatic rings. The Balaban J connectivity index is 1.43. The second kappa shape index (κ2) is 11.0. The van der Waals surface area contributed by atoms with Crippen molar-refractivity contribution in [2.45, 2.75) is 33.9 Å². The number of hydrogen-bond donors (Lipinski definition) is 0. The number of rotatable bonds is 2. The Kier molecular flexibility index (Phi) is 6.64.